The Kier molecular flexibility index (Phi) is 3.69. The molecule has 0 bridgehead atoms. The molecule has 0 aromatic carbocycles. The lowest BCUT2D eigenvalue weighted by atomic mass is 9.77. The van der Waals surface area contributed by atoms with Crippen LogP contribution < -0.4 is 5.32 Å². The third kappa shape index (κ3) is 3.20. The summed E-state index contributed by atoms with van der Waals surface area (Å²) < 4.78 is 0. The van der Waals surface area contributed by atoms with E-state index in [9.17, 15) is 14.7 Å². The second kappa shape index (κ2) is 5.07. The minimum Gasteiger partial charge on any atom is -0.481 e. The molecule has 2 aliphatic rings. The molecule has 0 atom stereocenters. The highest BCUT2D eigenvalue weighted by Crippen LogP contribution is 2.38. The first-order valence-electron chi connectivity index (χ1n) is 6.65. The third-order valence-corrected chi connectivity index (χ3v) is 3.96. The van der Waals surface area contributed by atoms with Crippen LogP contribution in [0.4, 0.5) is 0 Å². The van der Waals surface area contributed by atoms with Gasteiger partial charge in [-0.2, -0.15) is 0 Å². The molecule has 17 heavy (non-hydrogen) atoms. The van der Waals surface area contributed by atoms with Gasteiger partial charge in [-0.1, -0.05) is 25.7 Å². The normalized spacial score (nSPS) is 23.8. The average molecular weight is 239 g/mol. The predicted octanol–water partition coefficient (Wildman–Crippen LogP) is 2.08. The second-order valence-corrected chi connectivity index (χ2v) is 5.52. The van der Waals surface area contributed by atoms with E-state index in [2.05, 4.69) is 5.32 Å². The van der Waals surface area contributed by atoms with E-state index in [1.165, 1.54) is 0 Å². The topological polar surface area (TPSA) is 66.4 Å². The Balaban J connectivity index is 1.98. The van der Waals surface area contributed by atoms with Crippen molar-refractivity contribution < 1.29 is 14.7 Å². The van der Waals surface area contributed by atoms with Crippen LogP contribution in [0.3, 0.4) is 0 Å². The number of hydrogen-bond donors (Lipinski definition) is 2. The van der Waals surface area contributed by atoms with Gasteiger partial charge in [-0.15, -0.1) is 0 Å². The number of carboxylic acids is 1. The average Bonchev–Trinajstić information content (AvgIpc) is 3.05. The first-order chi connectivity index (χ1) is 8.12. The van der Waals surface area contributed by atoms with Gasteiger partial charge in [-0.3, -0.25) is 9.59 Å². The SMILES string of the molecule is O=C(CC1(C(=O)O)CCCCCC1)NC1CC1. The molecule has 0 aromatic rings. The number of carbonyl (C=O) groups is 2. The molecule has 4 nitrogen and oxygen atoms in total. The summed E-state index contributed by atoms with van der Waals surface area (Å²) in [6.07, 6.45) is 7.63. The summed E-state index contributed by atoms with van der Waals surface area (Å²) >= 11 is 0. The van der Waals surface area contributed by atoms with E-state index < -0.39 is 11.4 Å². The first-order valence-corrected chi connectivity index (χ1v) is 6.65. The van der Waals surface area contributed by atoms with Crippen LogP contribution in [0.1, 0.15) is 57.8 Å². The van der Waals surface area contributed by atoms with Crippen molar-refractivity contribution in [1.82, 2.24) is 5.32 Å². The summed E-state index contributed by atoms with van der Waals surface area (Å²) in [6, 6.07) is 0.319. The number of aliphatic carboxylic acids is 1. The molecule has 0 aromatic heterocycles. The number of nitrogens with one attached hydrogen (secondary N) is 1. The van der Waals surface area contributed by atoms with E-state index in [0.29, 0.717) is 18.9 Å². The molecule has 0 unspecified atom stereocenters. The van der Waals surface area contributed by atoms with Gasteiger partial charge in [0.15, 0.2) is 0 Å². The minimum atomic E-state index is -0.796. The molecule has 0 spiro atoms. The monoisotopic (exact) mass is 239 g/mol. The van der Waals surface area contributed by atoms with Gasteiger partial charge in [0.1, 0.15) is 0 Å². The van der Waals surface area contributed by atoms with E-state index in [1.54, 1.807) is 0 Å². The van der Waals surface area contributed by atoms with Crippen LogP contribution in [0.2, 0.25) is 0 Å². The Morgan fingerprint density at radius 1 is 1.12 bits per heavy atom. The van der Waals surface area contributed by atoms with Gasteiger partial charge in [0.05, 0.1) is 5.41 Å². The molecule has 0 heterocycles. The Bertz CT molecular complexity index is 302. The maximum atomic E-state index is 11.8. The molecule has 2 N–H and O–H groups in total. The number of carbonyl (C=O) groups excluding carboxylic acids is 1. The van der Waals surface area contributed by atoms with Crippen molar-refractivity contribution in [1.29, 1.82) is 0 Å². The van der Waals surface area contributed by atoms with E-state index in [0.717, 1.165) is 38.5 Å². The van der Waals surface area contributed by atoms with Crippen molar-refractivity contribution in [3.63, 3.8) is 0 Å². The highest BCUT2D eigenvalue weighted by molar-refractivity contribution is 5.85. The van der Waals surface area contributed by atoms with Crippen molar-refractivity contribution in [2.45, 2.75) is 63.8 Å². The lowest BCUT2D eigenvalue weighted by Gasteiger charge is -2.27. The van der Waals surface area contributed by atoms with Crippen molar-refractivity contribution >= 4 is 11.9 Å². The number of carboxylic acid groups (broad SMARTS) is 1. The summed E-state index contributed by atoms with van der Waals surface area (Å²) in [6.45, 7) is 0. The highest BCUT2D eigenvalue weighted by atomic mass is 16.4. The zero-order valence-corrected chi connectivity index (χ0v) is 10.2. The van der Waals surface area contributed by atoms with Gasteiger partial charge in [-0.25, -0.2) is 0 Å². The highest BCUT2D eigenvalue weighted by Gasteiger charge is 2.41. The molecule has 0 aliphatic heterocycles. The molecular weight excluding hydrogens is 218 g/mol. The van der Waals surface area contributed by atoms with E-state index >= 15 is 0 Å². The van der Waals surface area contributed by atoms with E-state index in [1.807, 2.05) is 0 Å². The molecule has 1 amide bonds. The predicted molar refractivity (Wildman–Crippen MR) is 63.6 cm³/mol. The summed E-state index contributed by atoms with van der Waals surface area (Å²) in [5.74, 6) is -0.859. The Labute approximate surface area is 102 Å². The van der Waals surface area contributed by atoms with Crippen molar-refractivity contribution in [3.8, 4) is 0 Å². The molecule has 0 radical (unpaired) electrons. The van der Waals surface area contributed by atoms with Gasteiger partial charge < -0.3 is 10.4 Å². The molecule has 96 valence electrons. The number of hydrogen-bond acceptors (Lipinski definition) is 2. The Morgan fingerprint density at radius 2 is 1.71 bits per heavy atom. The molecule has 4 heteroatoms. The summed E-state index contributed by atoms with van der Waals surface area (Å²) in [5, 5.41) is 12.3. The van der Waals surface area contributed by atoms with Crippen molar-refractivity contribution in [3.05, 3.63) is 0 Å². The van der Waals surface area contributed by atoms with Gasteiger partial charge in [-0.05, 0) is 25.7 Å². The van der Waals surface area contributed by atoms with Crippen LogP contribution in [0.5, 0.6) is 0 Å². The number of amides is 1. The van der Waals surface area contributed by atoms with Gasteiger partial charge >= 0.3 is 5.97 Å². The molecule has 2 saturated carbocycles. The summed E-state index contributed by atoms with van der Waals surface area (Å²) in [4.78, 5) is 23.3. The maximum Gasteiger partial charge on any atom is 0.310 e. The van der Waals surface area contributed by atoms with Gasteiger partial charge in [0.25, 0.3) is 0 Å². The Morgan fingerprint density at radius 3 is 2.18 bits per heavy atom. The van der Waals surface area contributed by atoms with Crippen LogP contribution in [-0.4, -0.2) is 23.0 Å². The maximum absolute atomic E-state index is 11.8. The zero-order chi connectivity index (χ0) is 12.3. The van der Waals surface area contributed by atoms with Crippen LogP contribution in [0.15, 0.2) is 0 Å². The molecule has 0 saturated heterocycles. The van der Waals surface area contributed by atoms with Crippen LogP contribution in [-0.2, 0) is 9.59 Å². The largest absolute Gasteiger partial charge is 0.481 e. The number of rotatable bonds is 4. The minimum absolute atomic E-state index is 0.0724. The summed E-state index contributed by atoms with van der Waals surface area (Å²) in [5.41, 5.74) is -0.796. The standard InChI is InChI=1S/C13H21NO3/c15-11(14-10-5-6-10)9-13(12(16)17)7-3-1-2-4-8-13/h10H,1-9H2,(H,14,15)(H,16,17). The Hall–Kier alpha value is -1.06. The van der Waals surface area contributed by atoms with Crippen LogP contribution in [0.25, 0.3) is 0 Å². The zero-order valence-electron chi connectivity index (χ0n) is 10.2. The molecule has 2 fully saturated rings. The van der Waals surface area contributed by atoms with Crippen LogP contribution >= 0.6 is 0 Å². The molecule has 2 rings (SSSR count). The summed E-state index contributed by atoms with van der Waals surface area (Å²) in [7, 11) is 0. The van der Waals surface area contributed by atoms with Crippen molar-refractivity contribution in [2.24, 2.45) is 5.41 Å². The quantitative estimate of drug-likeness (QED) is 0.738. The van der Waals surface area contributed by atoms with E-state index in [-0.39, 0.29) is 12.3 Å². The van der Waals surface area contributed by atoms with Gasteiger partial charge in [0.2, 0.25) is 5.91 Å². The first kappa shape index (κ1) is 12.4. The van der Waals surface area contributed by atoms with Gasteiger partial charge in [0, 0.05) is 12.5 Å². The molecular formula is C13H21NO3. The fourth-order valence-corrected chi connectivity index (χ4v) is 2.69. The van der Waals surface area contributed by atoms with E-state index in [4.69, 9.17) is 0 Å². The second-order valence-electron chi connectivity index (χ2n) is 5.52. The molecule has 2 aliphatic carbocycles. The fraction of sp³-hybridized carbons (Fsp3) is 0.846. The third-order valence-electron chi connectivity index (χ3n) is 3.96. The van der Waals surface area contributed by atoms with Crippen LogP contribution in [0, 0.1) is 5.41 Å². The van der Waals surface area contributed by atoms with Crippen molar-refractivity contribution in [2.75, 3.05) is 0 Å². The fourth-order valence-electron chi connectivity index (χ4n) is 2.69. The smallest absolute Gasteiger partial charge is 0.310 e. The lowest BCUT2D eigenvalue weighted by molar-refractivity contribution is -0.152. The lowest BCUT2D eigenvalue weighted by Crippen LogP contribution is -2.38.